The Morgan fingerprint density at radius 3 is 2.48 bits per heavy atom. The molecule has 0 atom stereocenters. The van der Waals surface area contributed by atoms with Crippen LogP contribution in [0.3, 0.4) is 0 Å². The van der Waals surface area contributed by atoms with E-state index < -0.39 is 15.1 Å². The van der Waals surface area contributed by atoms with Gasteiger partial charge in [0, 0.05) is 18.1 Å². The molecule has 0 aliphatic heterocycles. The molecule has 1 aromatic rings. The molecule has 0 radical (unpaired) electrons. The Morgan fingerprint density at radius 1 is 1.33 bits per heavy atom. The fraction of sp³-hybridized carbons (Fsp3) is 0.533. The summed E-state index contributed by atoms with van der Waals surface area (Å²) in [6.07, 6.45) is 1.88. The Kier molecular flexibility index (Phi) is 6.41. The minimum Gasteiger partial charge on any atom is -0.342 e. The molecule has 0 bridgehead atoms. The molecule has 21 heavy (non-hydrogen) atoms. The van der Waals surface area contributed by atoms with Crippen molar-refractivity contribution in [2.45, 2.75) is 43.8 Å². The Bertz CT molecular complexity index is 611. The monoisotopic (exact) mass is 375 g/mol. The average molecular weight is 376 g/mol. The highest BCUT2D eigenvalue weighted by molar-refractivity contribution is 9.10. The SMILES string of the molecule is CCCCN(C)C(=O)c1ccc(Br)cc1S(=O)(=O)C(C)C. The number of sulfone groups is 1. The highest BCUT2D eigenvalue weighted by Crippen LogP contribution is 2.25. The van der Waals surface area contributed by atoms with Gasteiger partial charge in [-0.15, -0.1) is 0 Å². The minimum atomic E-state index is -3.51. The van der Waals surface area contributed by atoms with E-state index in [2.05, 4.69) is 15.9 Å². The molecule has 0 N–H and O–H groups in total. The van der Waals surface area contributed by atoms with E-state index in [0.717, 1.165) is 12.8 Å². The van der Waals surface area contributed by atoms with Gasteiger partial charge in [-0.1, -0.05) is 29.3 Å². The van der Waals surface area contributed by atoms with Crippen LogP contribution in [0.15, 0.2) is 27.6 Å². The molecule has 118 valence electrons. The number of hydrogen-bond acceptors (Lipinski definition) is 3. The van der Waals surface area contributed by atoms with E-state index in [1.165, 1.54) is 6.07 Å². The van der Waals surface area contributed by atoms with E-state index in [-0.39, 0.29) is 16.4 Å². The molecule has 0 aromatic heterocycles. The highest BCUT2D eigenvalue weighted by atomic mass is 79.9. The summed E-state index contributed by atoms with van der Waals surface area (Å²) in [4.78, 5) is 14.2. The predicted octanol–water partition coefficient (Wildman–Crippen LogP) is 3.50. The zero-order chi connectivity index (χ0) is 16.2. The number of rotatable bonds is 6. The number of carbonyl (C=O) groups is 1. The summed E-state index contributed by atoms with van der Waals surface area (Å²) < 4.78 is 25.6. The van der Waals surface area contributed by atoms with Crippen LogP contribution >= 0.6 is 15.9 Å². The second-order valence-corrected chi connectivity index (χ2v) is 8.70. The lowest BCUT2D eigenvalue weighted by Gasteiger charge is -2.19. The predicted molar refractivity (Wildman–Crippen MR) is 88.3 cm³/mol. The van der Waals surface area contributed by atoms with E-state index in [0.29, 0.717) is 11.0 Å². The molecule has 0 fully saturated rings. The number of nitrogens with zero attached hydrogens (tertiary/aromatic N) is 1. The van der Waals surface area contributed by atoms with Crippen molar-refractivity contribution in [2.75, 3.05) is 13.6 Å². The number of unbranched alkanes of at least 4 members (excludes halogenated alkanes) is 1. The van der Waals surface area contributed by atoms with Crippen molar-refractivity contribution < 1.29 is 13.2 Å². The molecule has 1 rings (SSSR count). The quantitative estimate of drug-likeness (QED) is 0.764. The molecule has 0 spiro atoms. The lowest BCUT2D eigenvalue weighted by atomic mass is 10.2. The zero-order valence-electron chi connectivity index (χ0n) is 12.9. The highest BCUT2D eigenvalue weighted by Gasteiger charge is 2.27. The zero-order valence-corrected chi connectivity index (χ0v) is 15.3. The number of halogens is 1. The van der Waals surface area contributed by atoms with Crippen molar-refractivity contribution in [2.24, 2.45) is 0 Å². The van der Waals surface area contributed by atoms with Gasteiger partial charge in [0.2, 0.25) is 0 Å². The average Bonchev–Trinajstić information content (AvgIpc) is 2.43. The van der Waals surface area contributed by atoms with Crippen molar-refractivity contribution in [1.29, 1.82) is 0 Å². The van der Waals surface area contributed by atoms with Gasteiger partial charge in [-0.05, 0) is 38.5 Å². The van der Waals surface area contributed by atoms with Crippen LogP contribution in [-0.4, -0.2) is 38.1 Å². The third-order valence-electron chi connectivity index (χ3n) is 3.29. The Hall–Kier alpha value is -0.880. The third kappa shape index (κ3) is 4.30. The number of carbonyl (C=O) groups excluding carboxylic acids is 1. The van der Waals surface area contributed by atoms with Gasteiger partial charge in [0.15, 0.2) is 9.84 Å². The second-order valence-electron chi connectivity index (χ2n) is 5.31. The lowest BCUT2D eigenvalue weighted by Crippen LogP contribution is -2.29. The van der Waals surface area contributed by atoms with E-state index in [1.807, 2.05) is 6.92 Å². The van der Waals surface area contributed by atoms with Gasteiger partial charge in [0.1, 0.15) is 0 Å². The lowest BCUT2D eigenvalue weighted by molar-refractivity contribution is 0.0789. The maximum Gasteiger partial charge on any atom is 0.254 e. The first-order chi connectivity index (χ1) is 9.71. The number of benzene rings is 1. The summed E-state index contributed by atoms with van der Waals surface area (Å²) in [6.45, 7) is 5.90. The van der Waals surface area contributed by atoms with Crippen molar-refractivity contribution in [3.05, 3.63) is 28.2 Å². The van der Waals surface area contributed by atoms with Crippen LogP contribution in [0.25, 0.3) is 0 Å². The van der Waals surface area contributed by atoms with Crippen LogP contribution in [0.5, 0.6) is 0 Å². The molecule has 0 aliphatic rings. The van der Waals surface area contributed by atoms with Gasteiger partial charge in [0.05, 0.1) is 15.7 Å². The van der Waals surface area contributed by atoms with Crippen molar-refractivity contribution >= 4 is 31.7 Å². The first-order valence-corrected chi connectivity index (χ1v) is 9.34. The van der Waals surface area contributed by atoms with Crippen molar-refractivity contribution in [3.8, 4) is 0 Å². The molecule has 0 heterocycles. The first-order valence-electron chi connectivity index (χ1n) is 7.00. The van der Waals surface area contributed by atoms with Crippen LogP contribution in [0.4, 0.5) is 0 Å². The summed E-state index contributed by atoms with van der Waals surface area (Å²) in [6, 6.07) is 4.78. The molecule has 1 aromatic carbocycles. The summed E-state index contributed by atoms with van der Waals surface area (Å²) in [5.74, 6) is -0.254. The Balaban J connectivity index is 3.28. The van der Waals surface area contributed by atoms with Crippen LogP contribution in [-0.2, 0) is 9.84 Å². The molecule has 0 unspecified atom stereocenters. The maximum atomic E-state index is 12.5. The standard InChI is InChI=1S/C15H22BrNO3S/c1-5-6-9-17(4)15(18)13-8-7-12(16)10-14(13)21(19,20)11(2)3/h7-8,10-11H,5-6,9H2,1-4H3. The normalized spacial score (nSPS) is 11.7. The van der Waals surface area contributed by atoms with Crippen LogP contribution < -0.4 is 0 Å². The fourth-order valence-electron chi connectivity index (χ4n) is 1.86. The van der Waals surface area contributed by atoms with Crippen LogP contribution in [0.1, 0.15) is 44.0 Å². The van der Waals surface area contributed by atoms with Gasteiger partial charge in [-0.2, -0.15) is 0 Å². The van der Waals surface area contributed by atoms with Gasteiger partial charge in [-0.25, -0.2) is 8.42 Å². The van der Waals surface area contributed by atoms with Crippen molar-refractivity contribution in [1.82, 2.24) is 4.90 Å². The van der Waals surface area contributed by atoms with Crippen molar-refractivity contribution in [3.63, 3.8) is 0 Å². The molecular weight excluding hydrogens is 354 g/mol. The fourth-order valence-corrected chi connectivity index (χ4v) is 3.64. The van der Waals surface area contributed by atoms with Crippen LogP contribution in [0, 0.1) is 0 Å². The van der Waals surface area contributed by atoms with Crippen LogP contribution in [0.2, 0.25) is 0 Å². The summed E-state index contributed by atoms with van der Waals surface area (Å²) in [5, 5.41) is -0.570. The molecular formula is C15H22BrNO3S. The largest absolute Gasteiger partial charge is 0.342 e. The summed E-state index contributed by atoms with van der Waals surface area (Å²) in [5.41, 5.74) is 0.241. The van der Waals surface area contributed by atoms with E-state index in [4.69, 9.17) is 0 Å². The maximum absolute atomic E-state index is 12.5. The Morgan fingerprint density at radius 2 is 1.95 bits per heavy atom. The first kappa shape index (κ1) is 18.2. The number of amides is 1. The molecule has 1 amide bonds. The van der Waals surface area contributed by atoms with Gasteiger partial charge < -0.3 is 4.90 Å². The third-order valence-corrected chi connectivity index (χ3v) is 5.98. The molecule has 4 nitrogen and oxygen atoms in total. The van der Waals surface area contributed by atoms with Gasteiger partial charge in [0.25, 0.3) is 5.91 Å². The smallest absolute Gasteiger partial charge is 0.254 e. The molecule has 0 saturated carbocycles. The molecule has 0 saturated heterocycles. The molecule has 6 heteroatoms. The van der Waals surface area contributed by atoms with E-state index in [9.17, 15) is 13.2 Å². The minimum absolute atomic E-state index is 0.0974. The van der Waals surface area contributed by atoms with E-state index >= 15 is 0 Å². The second kappa shape index (κ2) is 7.40. The summed E-state index contributed by atoms with van der Waals surface area (Å²) in [7, 11) is -1.81. The molecule has 0 aliphatic carbocycles. The van der Waals surface area contributed by atoms with Gasteiger partial charge in [-0.3, -0.25) is 4.79 Å². The summed E-state index contributed by atoms with van der Waals surface area (Å²) >= 11 is 3.28. The van der Waals surface area contributed by atoms with Gasteiger partial charge >= 0.3 is 0 Å². The Labute approximate surface area is 135 Å². The number of hydrogen-bond donors (Lipinski definition) is 0. The topological polar surface area (TPSA) is 54.5 Å². The van der Waals surface area contributed by atoms with E-state index in [1.54, 1.807) is 37.9 Å².